The zero-order valence-corrected chi connectivity index (χ0v) is 10.7. The summed E-state index contributed by atoms with van der Waals surface area (Å²) in [5.74, 6) is 0. The van der Waals surface area contributed by atoms with Gasteiger partial charge >= 0.3 is 94.4 Å². The molecule has 0 fully saturated rings. The minimum absolute atomic E-state index is 0. The second kappa shape index (κ2) is 15.8. The van der Waals surface area contributed by atoms with Gasteiger partial charge in [0, 0.05) is 26.2 Å². The molecular formula is H4BaOSrZr. The van der Waals surface area contributed by atoms with E-state index in [0.29, 0.717) is 0 Å². The van der Waals surface area contributed by atoms with Gasteiger partial charge in [-0.1, -0.05) is 0 Å². The van der Waals surface area contributed by atoms with E-state index in [9.17, 15) is 0 Å². The minimum Gasteiger partial charge on any atom is 0 e. The molecule has 0 amide bonds. The Kier molecular flexibility index (Phi) is 97.7. The van der Waals surface area contributed by atoms with Gasteiger partial charge < -0.3 is 5.48 Å². The van der Waals surface area contributed by atoms with Crippen molar-refractivity contribution in [2.75, 3.05) is 0 Å². The Balaban J connectivity index is 0. The van der Waals surface area contributed by atoms with Crippen LogP contribution in [0.4, 0.5) is 0 Å². The van der Waals surface area contributed by atoms with Crippen molar-refractivity contribution in [2.24, 2.45) is 0 Å². The van der Waals surface area contributed by atoms with Crippen molar-refractivity contribution in [1.82, 2.24) is 0 Å². The molecule has 0 atom stereocenters. The topological polar surface area (TPSA) is 30.0 Å². The molecule has 0 saturated carbocycles. The molecule has 4 heavy (non-hydrogen) atoms. The molecule has 0 saturated heterocycles. The Morgan fingerprint density at radius 3 is 1.00 bits per heavy atom. The molecule has 0 rings (SSSR count). The van der Waals surface area contributed by atoms with Crippen molar-refractivity contribution in [3.8, 4) is 0 Å². The zero-order valence-electron chi connectivity index (χ0n) is 1.95. The SMILES string of the molecule is [BaH+].[OH-].[SrH2].[Zr]. The summed E-state index contributed by atoms with van der Waals surface area (Å²) in [5, 5.41) is 0. The third-order valence-electron chi connectivity index (χ3n) is 0. The van der Waals surface area contributed by atoms with E-state index in [0.717, 1.165) is 0 Å². The summed E-state index contributed by atoms with van der Waals surface area (Å²) in [4.78, 5) is 0. The smallest absolute Gasteiger partial charge is 0 e. The molecule has 4 heteroatoms. The Morgan fingerprint density at radius 1 is 1.00 bits per heavy atom. The molecule has 0 spiro atoms. The van der Waals surface area contributed by atoms with Crippen molar-refractivity contribution in [2.45, 2.75) is 0 Å². The van der Waals surface area contributed by atoms with Gasteiger partial charge in [-0.3, -0.25) is 0 Å². The van der Waals surface area contributed by atoms with Gasteiger partial charge in [0.05, 0.1) is 0 Å². The normalized spacial score (nSPS) is 0. The van der Waals surface area contributed by atoms with Crippen LogP contribution in [0.5, 0.6) is 0 Å². The monoisotopic (exact) mass is 336 g/mol. The number of rotatable bonds is 0. The maximum atomic E-state index is 0. The van der Waals surface area contributed by atoms with E-state index in [4.69, 9.17) is 0 Å². The molecule has 0 aromatic rings. The summed E-state index contributed by atoms with van der Waals surface area (Å²) in [5.41, 5.74) is 0. The summed E-state index contributed by atoms with van der Waals surface area (Å²) >= 11 is 0. The first-order chi connectivity index (χ1) is 0. The van der Waals surface area contributed by atoms with Crippen molar-refractivity contribution < 1.29 is 31.7 Å². The van der Waals surface area contributed by atoms with Crippen LogP contribution in [0.1, 0.15) is 0 Å². The predicted molar refractivity (Wildman–Crippen MR) is 17.6 cm³/mol. The second-order valence-corrected chi connectivity index (χ2v) is 0. The van der Waals surface area contributed by atoms with Crippen molar-refractivity contribution in [3.05, 3.63) is 0 Å². The first kappa shape index (κ1) is 24.7. The Bertz CT molecular complexity index is 8.00. The van der Waals surface area contributed by atoms with E-state index >= 15 is 0 Å². The largest absolute Gasteiger partial charge is 0 e. The Hall–Kier alpha value is 3.90. The molecule has 1 N–H and O–H groups in total. The summed E-state index contributed by atoms with van der Waals surface area (Å²) in [6.07, 6.45) is 0. The predicted octanol–water partition coefficient (Wildman–Crippen LogP) is -1.74. The van der Waals surface area contributed by atoms with E-state index in [-0.39, 0.29) is 126 Å². The van der Waals surface area contributed by atoms with E-state index in [1.54, 1.807) is 0 Å². The van der Waals surface area contributed by atoms with E-state index < -0.39 is 0 Å². The Morgan fingerprint density at radius 2 is 1.00 bits per heavy atom. The van der Waals surface area contributed by atoms with Crippen LogP contribution in [0.25, 0.3) is 0 Å². The fourth-order valence-corrected chi connectivity index (χ4v) is 0. The van der Waals surface area contributed by atoms with Crippen molar-refractivity contribution >= 4 is 94.4 Å². The summed E-state index contributed by atoms with van der Waals surface area (Å²) in [6.45, 7) is 0. The zero-order chi connectivity index (χ0) is 0. The van der Waals surface area contributed by atoms with Crippen LogP contribution in [-0.2, 0) is 26.2 Å². The molecule has 0 aliphatic heterocycles. The van der Waals surface area contributed by atoms with Gasteiger partial charge in [0.2, 0.25) is 0 Å². The number of hydrogen-bond acceptors (Lipinski definition) is 1. The van der Waals surface area contributed by atoms with Crippen LogP contribution in [0.15, 0.2) is 0 Å². The Labute approximate surface area is 122 Å². The molecule has 0 bridgehead atoms. The molecule has 0 aromatic heterocycles. The molecular weight excluding hydrogens is 332 g/mol. The standard InChI is InChI=1S/Ba.H2O.Sr.Zr.3H/h;1H2;;;;;/q+1;;;;;;/p-1. The molecule has 0 unspecified atom stereocenters. The van der Waals surface area contributed by atoms with Crippen LogP contribution in [0.3, 0.4) is 0 Å². The average molecular weight is 336 g/mol. The third-order valence-corrected chi connectivity index (χ3v) is 0. The van der Waals surface area contributed by atoms with Crippen LogP contribution in [0, 0.1) is 0 Å². The van der Waals surface area contributed by atoms with Gasteiger partial charge in [-0.2, -0.15) is 0 Å². The molecule has 0 aliphatic carbocycles. The van der Waals surface area contributed by atoms with Crippen LogP contribution >= 0.6 is 0 Å². The van der Waals surface area contributed by atoms with E-state index in [2.05, 4.69) is 0 Å². The van der Waals surface area contributed by atoms with Gasteiger partial charge in [-0.05, 0) is 0 Å². The summed E-state index contributed by atoms with van der Waals surface area (Å²) < 4.78 is 0. The quantitative estimate of drug-likeness (QED) is 0.483. The van der Waals surface area contributed by atoms with E-state index in [1.807, 2.05) is 0 Å². The fraction of sp³-hybridized carbons (Fsp3) is 0. The first-order valence-electron chi connectivity index (χ1n) is 0. The third kappa shape index (κ3) is 9.31. The summed E-state index contributed by atoms with van der Waals surface area (Å²) in [6, 6.07) is 0. The van der Waals surface area contributed by atoms with Gasteiger partial charge in [0.25, 0.3) is 0 Å². The first-order valence-corrected chi connectivity index (χ1v) is 0. The van der Waals surface area contributed by atoms with Gasteiger partial charge in [0.1, 0.15) is 0 Å². The minimum atomic E-state index is 0. The van der Waals surface area contributed by atoms with E-state index in [1.165, 1.54) is 0 Å². The van der Waals surface area contributed by atoms with Crippen molar-refractivity contribution in [1.29, 1.82) is 0 Å². The molecule has 0 heterocycles. The van der Waals surface area contributed by atoms with Gasteiger partial charge in [-0.15, -0.1) is 0 Å². The van der Waals surface area contributed by atoms with Crippen molar-refractivity contribution in [3.63, 3.8) is 0 Å². The average Bonchev–Trinajstić information content (AvgIpc) is 0. The molecule has 18 valence electrons. The molecule has 0 aliphatic rings. The van der Waals surface area contributed by atoms with Gasteiger partial charge in [-0.25, -0.2) is 0 Å². The molecule has 1 nitrogen and oxygen atoms in total. The number of hydrogen-bond donors (Lipinski definition) is 0. The molecule has 0 aromatic carbocycles. The summed E-state index contributed by atoms with van der Waals surface area (Å²) in [7, 11) is 0. The van der Waals surface area contributed by atoms with Crippen LogP contribution < -0.4 is 0 Å². The second-order valence-electron chi connectivity index (χ2n) is 0. The maximum absolute atomic E-state index is 0. The maximum Gasteiger partial charge on any atom is 0 e. The van der Waals surface area contributed by atoms with Crippen LogP contribution in [-0.4, -0.2) is 99.8 Å². The fourth-order valence-electron chi connectivity index (χ4n) is 0. The van der Waals surface area contributed by atoms with Gasteiger partial charge in [0.15, 0.2) is 0 Å². The van der Waals surface area contributed by atoms with Crippen LogP contribution in [0.2, 0.25) is 0 Å². The molecule has 0 radical (unpaired) electrons.